The molecule has 0 aliphatic carbocycles. The molecule has 0 spiro atoms. The summed E-state index contributed by atoms with van der Waals surface area (Å²) in [5.74, 6) is 0.708. The van der Waals surface area contributed by atoms with E-state index in [1.54, 1.807) is 15.9 Å². The van der Waals surface area contributed by atoms with Crippen LogP contribution in [0.2, 0.25) is 0 Å². The van der Waals surface area contributed by atoms with Gasteiger partial charge in [-0.3, -0.25) is 4.68 Å². The molecule has 0 atom stereocenters. The summed E-state index contributed by atoms with van der Waals surface area (Å²) in [6.45, 7) is 2.97. The maximum absolute atomic E-state index is 12.1. The molecule has 2 aromatic rings. The second-order valence-electron chi connectivity index (χ2n) is 5.23. The molecule has 1 aliphatic heterocycles. The highest BCUT2D eigenvalue weighted by molar-refractivity contribution is 5.68. The number of benzene rings is 1. The lowest BCUT2D eigenvalue weighted by Gasteiger charge is -2.33. The molecule has 1 amide bonds. The van der Waals surface area contributed by atoms with Crippen LogP contribution in [-0.4, -0.2) is 51.9 Å². The van der Waals surface area contributed by atoms with Gasteiger partial charge in [-0.15, -0.1) is 5.10 Å². The highest BCUT2D eigenvalue weighted by Gasteiger charge is 2.23. The first-order valence-corrected chi connectivity index (χ1v) is 7.28. The maximum Gasteiger partial charge on any atom is 0.410 e. The fraction of sp³-hybridized carbons (Fsp3) is 0.400. The predicted octanol–water partition coefficient (Wildman–Crippen LogP) is 1.27. The first kappa shape index (κ1) is 14.4. The van der Waals surface area contributed by atoms with Gasteiger partial charge in [-0.05, 0) is 5.56 Å². The summed E-state index contributed by atoms with van der Waals surface area (Å²) >= 11 is 0. The second-order valence-corrected chi connectivity index (χ2v) is 5.23. The molecule has 1 fully saturated rings. The second kappa shape index (κ2) is 6.46. The average Bonchev–Trinajstić information content (AvgIpc) is 3.00. The Hall–Kier alpha value is -2.57. The van der Waals surface area contributed by atoms with Gasteiger partial charge in [0.25, 0.3) is 0 Å². The minimum atomic E-state index is -0.266. The normalized spacial score (nSPS) is 15.0. The standard InChI is InChI=1S/C15H19N5O2/c1-18-12-16-14(17-18)19-7-9-20(10-8-19)15(21)22-11-13-5-3-2-4-6-13/h2-6,12H,7-11H2,1H3. The van der Waals surface area contributed by atoms with Crippen LogP contribution in [0, 0.1) is 0 Å². The van der Waals surface area contributed by atoms with Crippen molar-refractivity contribution in [2.24, 2.45) is 7.05 Å². The van der Waals surface area contributed by atoms with Crippen molar-refractivity contribution in [1.29, 1.82) is 0 Å². The van der Waals surface area contributed by atoms with Gasteiger partial charge in [-0.2, -0.15) is 0 Å². The van der Waals surface area contributed by atoms with Crippen molar-refractivity contribution >= 4 is 12.0 Å². The predicted molar refractivity (Wildman–Crippen MR) is 81.4 cm³/mol. The topological polar surface area (TPSA) is 63.5 Å². The number of rotatable bonds is 3. The molecule has 22 heavy (non-hydrogen) atoms. The lowest BCUT2D eigenvalue weighted by Crippen LogP contribution is -2.49. The Labute approximate surface area is 129 Å². The number of carbonyl (C=O) groups excluding carboxylic acids is 1. The molecule has 0 saturated carbocycles. The van der Waals surface area contributed by atoms with Crippen molar-refractivity contribution in [2.45, 2.75) is 6.61 Å². The molecule has 1 saturated heterocycles. The number of carbonyl (C=O) groups is 1. The van der Waals surface area contributed by atoms with E-state index in [0.29, 0.717) is 38.7 Å². The van der Waals surface area contributed by atoms with E-state index in [9.17, 15) is 4.79 Å². The van der Waals surface area contributed by atoms with E-state index in [1.165, 1.54) is 0 Å². The van der Waals surface area contributed by atoms with Gasteiger partial charge >= 0.3 is 6.09 Å². The van der Waals surface area contributed by atoms with Crippen molar-refractivity contribution in [3.8, 4) is 0 Å². The van der Waals surface area contributed by atoms with Gasteiger partial charge in [0.2, 0.25) is 5.95 Å². The summed E-state index contributed by atoms with van der Waals surface area (Å²) in [7, 11) is 1.84. The third-order valence-corrected chi connectivity index (χ3v) is 3.61. The summed E-state index contributed by atoms with van der Waals surface area (Å²) < 4.78 is 7.02. The molecule has 7 nitrogen and oxygen atoms in total. The number of amides is 1. The van der Waals surface area contributed by atoms with E-state index in [0.717, 1.165) is 5.56 Å². The van der Waals surface area contributed by atoms with E-state index in [4.69, 9.17) is 4.74 Å². The summed E-state index contributed by atoms with van der Waals surface area (Å²) in [6.07, 6.45) is 1.41. The SMILES string of the molecule is Cn1cnc(N2CCN(C(=O)OCc3ccccc3)CC2)n1. The lowest BCUT2D eigenvalue weighted by atomic mass is 10.2. The average molecular weight is 301 g/mol. The van der Waals surface area contributed by atoms with Crippen molar-refractivity contribution in [1.82, 2.24) is 19.7 Å². The molecule has 0 bridgehead atoms. The molecule has 2 heterocycles. The Morgan fingerprint density at radius 3 is 2.55 bits per heavy atom. The van der Waals surface area contributed by atoms with Gasteiger partial charge in [0.1, 0.15) is 12.9 Å². The largest absolute Gasteiger partial charge is 0.445 e. The third-order valence-electron chi connectivity index (χ3n) is 3.61. The van der Waals surface area contributed by atoms with E-state index in [2.05, 4.69) is 15.0 Å². The number of aryl methyl sites for hydroxylation is 1. The van der Waals surface area contributed by atoms with Crippen LogP contribution in [0.4, 0.5) is 10.7 Å². The quantitative estimate of drug-likeness (QED) is 0.854. The fourth-order valence-electron chi connectivity index (χ4n) is 2.37. The minimum Gasteiger partial charge on any atom is -0.445 e. The lowest BCUT2D eigenvalue weighted by molar-refractivity contribution is 0.0941. The Kier molecular flexibility index (Phi) is 4.22. The maximum atomic E-state index is 12.1. The molecule has 1 aromatic carbocycles. The first-order chi connectivity index (χ1) is 10.7. The minimum absolute atomic E-state index is 0.266. The molecular weight excluding hydrogens is 282 g/mol. The third kappa shape index (κ3) is 3.36. The zero-order chi connectivity index (χ0) is 15.4. The van der Waals surface area contributed by atoms with Gasteiger partial charge in [0, 0.05) is 33.2 Å². The Balaban J connectivity index is 1.47. The smallest absolute Gasteiger partial charge is 0.410 e. The van der Waals surface area contributed by atoms with Crippen molar-refractivity contribution in [3.63, 3.8) is 0 Å². The van der Waals surface area contributed by atoms with Crippen molar-refractivity contribution in [2.75, 3.05) is 31.1 Å². The molecule has 1 aliphatic rings. The van der Waals surface area contributed by atoms with Crippen LogP contribution >= 0.6 is 0 Å². The van der Waals surface area contributed by atoms with Crippen LogP contribution in [-0.2, 0) is 18.4 Å². The van der Waals surface area contributed by atoms with Crippen LogP contribution < -0.4 is 4.90 Å². The van der Waals surface area contributed by atoms with E-state index < -0.39 is 0 Å². The van der Waals surface area contributed by atoms with E-state index >= 15 is 0 Å². The molecule has 3 rings (SSSR count). The summed E-state index contributed by atoms with van der Waals surface area (Å²) in [5, 5.41) is 4.28. The van der Waals surface area contributed by atoms with Gasteiger partial charge < -0.3 is 14.5 Å². The molecule has 1 aromatic heterocycles. The molecule has 0 N–H and O–H groups in total. The van der Waals surface area contributed by atoms with Gasteiger partial charge in [-0.1, -0.05) is 30.3 Å². The summed E-state index contributed by atoms with van der Waals surface area (Å²) in [6, 6.07) is 9.69. The Morgan fingerprint density at radius 2 is 1.91 bits per heavy atom. The molecule has 0 radical (unpaired) electrons. The van der Waals surface area contributed by atoms with Crippen LogP contribution in [0.1, 0.15) is 5.56 Å². The molecular formula is C15H19N5O2. The van der Waals surface area contributed by atoms with Gasteiger partial charge in [0.15, 0.2) is 0 Å². The Morgan fingerprint density at radius 1 is 1.18 bits per heavy atom. The number of ether oxygens (including phenoxy) is 1. The molecule has 7 heteroatoms. The first-order valence-electron chi connectivity index (χ1n) is 7.28. The van der Waals surface area contributed by atoms with Crippen LogP contribution in [0.15, 0.2) is 36.7 Å². The number of nitrogens with zero attached hydrogens (tertiary/aromatic N) is 5. The number of hydrogen-bond donors (Lipinski definition) is 0. The number of aromatic nitrogens is 3. The highest BCUT2D eigenvalue weighted by Crippen LogP contribution is 2.11. The summed E-state index contributed by atoms with van der Waals surface area (Å²) in [5.41, 5.74) is 0.993. The van der Waals surface area contributed by atoms with Crippen molar-refractivity contribution in [3.05, 3.63) is 42.2 Å². The number of hydrogen-bond acceptors (Lipinski definition) is 5. The van der Waals surface area contributed by atoms with Gasteiger partial charge in [-0.25, -0.2) is 9.78 Å². The van der Waals surface area contributed by atoms with Crippen LogP contribution in [0.25, 0.3) is 0 Å². The molecule has 116 valence electrons. The fourth-order valence-corrected chi connectivity index (χ4v) is 2.37. The highest BCUT2D eigenvalue weighted by atomic mass is 16.6. The zero-order valence-electron chi connectivity index (χ0n) is 12.6. The van der Waals surface area contributed by atoms with Gasteiger partial charge in [0.05, 0.1) is 0 Å². The summed E-state index contributed by atoms with van der Waals surface area (Å²) in [4.78, 5) is 20.1. The number of piperazine rings is 1. The van der Waals surface area contributed by atoms with Crippen LogP contribution in [0.3, 0.4) is 0 Å². The van der Waals surface area contributed by atoms with Crippen molar-refractivity contribution < 1.29 is 9.53 Å². The van der Waals surface area contributed by atoms with E-state index in [-0.39, 0.29) is 6.09 Å². The van der Waals surface area contributed by atoms with E-state index in [1.807, 2.05) is 37.4 Å². The monoisotopic (exact) mass is 301 g/mol. The number of anilines is 1. The zero-order valence-corrected chi connectivity index (χ0v) is 12.6. The van der Waals surface area contributed by atoms with Crippen LogP contribution in [0.5, 0.6) is 0 Å². The Bertz CT molecular complexity index is 620. The molecule has 0 unspecified atom stereocenters.